The smallest absolute Gasteiger partial charge is 0.161 e. The van der Waals surface area contributed by atoms with Gasteiger partial charge in [-0.1, -0.05) is 172 Å². The zero-order valence-electron chi connectivity index (χ0n) is 30.1. The Labute approximate surface area is 307 Å². The van der Waals surface area contributed by atoms with E-state index in [1.54, 1.807) is 0 Å². The van der Waals surface area contributed by atoms with Crippen LogP contribution in [-0.4, -0.2) is 9.97 Å². The van der Waals surface area contributed by atoms with Crippen LogP contribution in [0.4, 0.5) is 0 Å². The fourth-order valence-corrected chi connectivity index (χ4v) is 7.18. The number of aromatic nitrogens is 2. The minimum Gasteiger partial charge on any atom is -0.228 e. The number of fused-ring (bicyclic) bond motifs is 1. The van der Waals surface area contributed by atoms with Crippen molar-refractivity contribution in [1.29, 1.82) is 0 Å². The standard InChI is InChI=1S/C50H42N2/c1-4-34-12-9-15-41(30-34)37-20-24-39(25-21-37)48-33-49(40-26-22-38(23-27-40)42-16-10-13-35(5-2)31-42)52-50(51-48)47-29-28-44(45-18-7-8-19-46(45)47)43-17-11-14-36(6-3)32-43/h7-33H,4-6H2,1-3H3. The molecule has 0 aliphatic rings. The van der Waals surface area contributed by atoms with E-state index in [9.17, 15) is 0 Å². The van der Waals surface area contributed by atoms with Crippen molar-refractivity contribution in [1.82, 2.24) is 9.97 Å². The molecule has 0 unspecified atom stereocenters. The molecule has 252 valence electrons. The number of nitrogens with zero attached hydrogens (tertiary/aromatic N) is 2. The lowest BCUT2D eigenvalue weighted by molar-refractivity contribution is 1.14. The van der Waals surface area contributed by atoms with E-state index in [0.29, 0.717) is 0 Å². The van der Waals surface area contributed by atoms with E-state index in [0.717, 1.165) is 58.6 Å². The molecule has 2 heteroatoms. The number of hydrogen-bond acceptors (Lipinski definition) is 2. The SMILES string of the molecule is CCc1cccc(-c2ccc(-c3cc(-c4ccc(-c5cccc(CC)c5)cc4)nc(-c4ccc(-c5cccc(CC)c5)c5ccccc45)n3)cc2)c1. The Balaban J connectivity index is 1.25. The molecule has 7 aromatic carbocycles. The molecule has 8 rings (SSSR count). The molecule has 0 N–H and O–H groups in total. The van der Waals surface area contributed by atoms with Gasteiger partial charge in [-0.15, -0.1) is 0 Å². The van der Waals surface area contributed by atoms with E-state index in [1.165, 1.54) is 55.5 Å². The molecule has 1 aromatic heterocycles. The van der Waals surface area contributed by atoms with Crippen molar-refractivity contribution in [2.75, 3.05) is 0 Å². The number of benzene rings is 7. The van der Waals surface area contributed by atoms with Crippen molar-refractivity contribution in [3.63, 3.8) is 0 Å². The zero-order chi connectivity index (χ0) is 35.4. The topological polar surface area (TPSA) is 25.8 Å². The summed E-state index contributed by atoms with van der Waals surface area (Å²) in [6.07, 6.45) is 3.04. The Hall–Kier alpha value is -6.12. The predicted molar refractivity (Wildman–Crippen MR) is 220 cm³/mol. The van der Waals surface area contributed by atoms with Crippen molar-refractivity contribution < 1.29 is 0 Å². The molecule has 0 saturated heterocycles. The van der Waals surface area contributed by atoms with E-state index >= 15 is 0 Å². The van der Waals surface area contributed by atoms with Crippen LogP contribution in [0.25, 0.3) is 78.1 Å². The van der Waals surface area contributed by atoms with Gasteiger partial charge in [0, 0.05) is 16.7 Å². The number of hydrogen-bond donors (Lipinski definition) is 0. The van der Waals surface area contributed by atoms with Crippen molar-refractivity contribution in [3.8, 4) is 67.3 Å². The van der Waals surface area contributed by atoms with E-state index in [4.69, 9.17) is 9.97 Å². The molecule has 8 aromatic rings. The van der Waals surface area contributed by atoms with Gasteiger partial charge in [0.25, 0.3) is 0 Å². The quantitative estimate of drug-likeness (QED) is 0.153. The van der Waals surface area contributed by atoms with Crippen LogP contribution < -0.4 is 0 Å². The Morgan fingerprint density at radius 1 is 0.327 bits per heavy atom. The highest BCUT2D eigenvalue weighted by atomic mass is 14.9. The molecular weight excluding hydrogens is 629 g/mol. The molecule has 0 radical (unpaired) electrons. The summed E-state index contributed by atoms with van der Waals surface area (Å²) < 4.78 is 0. The molecule has 0 saturated carbocycles. The maximum atomic E-state index is 5.28. The third-order valence-electron chi connectivity index (χ3n) is 10.2. The zero-order valence-corrected chi connectivity index (χ0v) is 30.1. The van der Waals surface area contributed by atoms with Crippen LogP contribution >= 0.6 is 0 Å². The van der Waals surface area contributed by atoms with Crippen LogP contribution in [0.1, 0.15) is 37.5 Å². The predicted octanol–water partition coefficient (Wildman–Crippen LogP) is 13.3. The summed E-state index contributed by atoms with van der Waals surface area (Å²) in [5, 5.41) is 2.34. The second kappa shape index (κ2) is 14.6. The third kappa shape index (κ3) is 6.68. The molecule has 0 bridgehead atoms. The van der Waals surface area contributed by atoms with E-state index in [-0.39, 0.29) is 0 Å². The molecule has 1 heterocycles. The van der Waals surface area contributed by atoms with Gasteiger partial charge in [-0.2, -0.15) is 0 Å². The largest absolute Gasteiger partial charge is 0.228 e. The van der Waals surface area contributed by atoms with Crippen LogP contribution in [0.15, 0.2) is 164 Å². The van der Waals surface area contributed by atoms with Gasteiger partial charge < -0.3 is 0 Å². The molecular formula is C50H42N2. The second-order valence-corrected chi connectivity index (χ2v) is 13.5. The molecule has 0 aliphatic carbocycles. The first-order valence-electron chi connectivity index (χ1n) is 18.5. The first-order valence-corrected chi connectivity index (χ1v) is 18.5. The highest BCUT2D eigenvalue weighted by Gasteiger charge is 2.16. The maximum absolute atomic E-state index is 5.28. The fraction of sp³-hybridized carbons (Fsp3) is 0.120. The van der Waals surface area contributed by atoms with Gasteiger partial charge in [0.15, 0.2) is 5.82 Å². The minimum atomic E-state index is 0.719. The summed E-state index contributed by atoms with van der Waals surface area (Å²) in [6, 6.07) is 59.3. The highest BCUT2D eigenvalue weighted by molar-refractivity contribution is 6.04. The van der Waals surface area contributed by atoms with Crippen molar-refractivity contribution >= 4 is 10.8 Å². The van der Waals surface area contributed by atoms with Gasteiger partial charge in [0.05, 0.1) is 11.4 Å². The second-order valence-electron chi connectivity index (χ2n) is 13.5. The average Bonchev–Trinajstić information content (AvgIpc) is 3.23. The van der Waals surface area contributed by atoms with Gasteiger partial charge in [-0.3, -0.25) is 0 Å². The molecule has 0 amide bonds. The summed E-state index contributed by atoms with van der Waals surface area (Å²) in [4.78, 5) is 10.6. The maximum Gasteiger partial charge on any atom is 0.161 e. The Morgan fingerprint density at radius 3 is 1.21 bits per heavy atom. The first kappa shape index (κ1) is 33.0. The summed E-state index contributed by atoms with van der Waals surface area (Å²) in [5.74, 6) is 0.719. The Bertz CT molecular complexity index is 2400. The molecule has 52 heavy (non-hydrogen) atoms. The van der Waals surface area contributed by atoms with Crippen LogP contribution in [0, 0.1) is 0 Å². The van der Waals surface area contributed by atoms with Gasteiger partial charge in [0.2, 0.25) is 0 Å². The Kier molecular flexibility index (Phi) is 9.29. The highest BCUT2D eigenvalue weighted by Crippen LogP contribution is 2.37. The van der Waals surface area contributed by atoms with Crippen molar-refractivity contribution in [2.24, 2.45) is 0 Å². The average molecular weight is 671 g/mol. The summed E-state index contributed by atoms with van der Waals surface area (Å²) in [6.45, 7) is 6.60. The van der Waals surface area contributed by atoms with Crippen LogP contribution in [0.3, 0.4) is 0 Å². The first-order chi connectivity index (χ1) is 25.6. The molecule has 0 fully saturated rings. The lowest BCUT2D eigenvalue weighted by Gasteiger charge is -2.14. The van der Waals surface area contributed by atoms with E-state index in [2.05, 4.69) is 185 Å². The van der Waals surface area contributed by atoms with Crippen molar-refractivity contribution in [2.45, 2.75) is 40.0 Å². The van der Waals surface area contributed by atoms with E-state index < -0.39 is 0 Å². The monoisotopic (exact) mass is 670 g/mol. The molecule has 0 atom stereocenters. The number of aryl methyl sites for hydroxylation is 3. The van der Waals surface area contributed by atoms with Crippen LogP contribution in [0.2, 0.25) is 0 Å². The van der Waals surface area contributed by atoms with Gasteiger partial charge in [-0.25, -0.2) is 9.97 Å². The van der Waals surface area contributed by atoms with Crippen LogP contribution in [-0.2, 0) is 19.3 Å². The molecule has 0 spiro atoms. The lowest BCUT2D eigenvalue weighted by atomic mass is 9.93. The minimum absolute atomic E-state index is 0.719. The Morgan fingerprint density at radius 2 is 0.731 bits per heavy atom. The van der Waals surface area contributed by atoms with E-state index in [1.807, 2.05) is 0 Å². The molecule has 0 aliphatic heterocycles. The summed E-state index contributed by atoms with van der Waals surface area (Å²) >= 11 is 0. The van der Waals surface area contributed by atoms with Crippen molar-refractivity contribution in [3.05, 3.63) is 180 Å². The third-order valence-corrected chi connectivity index (χ3v) is 10.2. The fourth-order valence-electron chi connectivity index (χ4n) is 7.18. The summed E-state index contributed by atoms with van der Waals surface area (Å²) in [7, 11) is 0. The van der Waals surface area contributed by atoms with Crippen LogP contribution in [0.5, 0.6) is 0 Å². The number of rotatable bonds is 9. The molecule has 2 nitrogen and oxygen atoms in total. The normalized spacial score (nSPS) is 11.2. The van der Waals surface area contributed by atoms with Gasteiger partial charge in [-0.05, 0) is 92.2 Å². The van der Waals surface area contributed by atoms with Gasteiger partial charge in [0.1, 0.15) is 0 Å². The lowest BCUT2D eigenvalue weighted by Crippen LogP contribution is -1.97. The van der Waals surface area contributed by atoms with Gasteiger partial charge >= 0.3 is 0 Å². The summed E-state index contributed by atoms with van der Waals surface area (Å²) in [5.41, 5.74) is 16.3.